The van der Waals surface area contributed by atoms with Gasteiger partial charge in [-0.05, 0) is 43.7 Å². The van der Waals surface area contributed by atoms with E-state index >= 15 is 0 Å². The van der Waals surface area contributed by atoms with E-state index in [1.165, 1.54) is 23.8 Å². The van der Waals surface area contributed by atoms with Gasteiger partial charge < -0.3 is 10.5 Å². The molecule has 9 nitrogen and oxygen atoms in total. The fourth-order valence-electron chi connectivity index (χ4n) is 3.55. The highest BCUT2D eigenvalue weighted by Crippen LogP contribution is 2.34. The zero-order valence-electron chi connectivity index (χ0n) is 18.7. The van der Waals surface area contributed by atoms with Crippen LogP contribution in [-0.2, 0) is 10.0 Å². The Bertz CT molecular complexity index is 1480. The summed E-state index contributed by atoms with van der Waals surface area (Å²) in [4.78, 5) is 8.56. The molecule has 4 rings (SSSR count). The van der Waals surface area contributed by atoms with E-state index in [9.17, 15) is 8.42 Å². The normalized spacial score (nSPS) is 11.9. The van der Waals surface area contributed by atoms with Crippen LogP contribution in [0.5, 0.6) is 5.75 Å². The summed E-state index contributed by atoms with van der Waals surface area (Å²) in [6.07, 6.45) is 2.86. The van der Waals surface area contributed by atoms with Gasteiger partial charge in [-0.15, -0.1) is 0 Å². The fourth-order valence-corrected chi connectivity index (χ4v) is 4.49. The Balaban J connectivity index is 1.91. The summed E-state index contributed by atoms with van der Waals surface area (Å²) in [6.45, 7) is 3.62. The number of sulfonamides is 1. The van der Waals surface area contributed by atoms with Crippen molar-refractivity contribution in [2.75, 3.05) is 24.2 Å². The van der Waals surface area contributed by atoms with E-state index in [-0.39, 0.29) is 0 Å². The van der Waals surface area contributed by atoms with E-state index in [1.54, 1.807) is 36.9 Å². The first-order valence-corrected chi connectivity index (χ1v) is 11.6. The van der Waals surface area contributed by atoms with Crippen molar-refractivity contribution < 1.29 is 13.2 Å². The minimum Gasteiger partial charge on any atom is -0.496 e. The number of fused-ring (bicyclic) bond motifs is 1. The molecule has 2 aromatic carbocycles. The first-order valence-electron chi connectivity index (χ1n) is 10.1. The van der Waals surface area contributed by atoms with Crippen molar-refractivity contribution >= 4 is 32.6 Å². The number of aromatic nitrogens is 4. The summed E-state index contributed by atoms with van der Waals surface area (Å²) < 4.78 is 33.3. The van der Waals surface area contributed by atoms with Gasteiger partial charge in [0.1, 0.15) is 23.6 Å². The van der Waals surface area contributed by atoms with E-state index in [0.29, 0.717) is 33.9 Å². The molecular formula is C23H24N6O3S. The van der Waals surface area contributed by atoms with E-state index < -0.39 is 10.0 Å². The van der Waals surface area contributed by atoms with Crippen LogP contribution in [0, 0.1) is 6.92 Å². The van der Waals surface area contributed by atoms with Crippen molar-refractivity contribution in [2.45, 2.75) is 13.8 Å². The van der Waals surface area contributed by atoms with E-state index in [4.69, 9.17) is 15.6 Å². The number of aryl methyl sites for hydroxylation is 1. The maximum atomic E-state index is 12.5. The minimum absolute atomic E-state index is 0.296. The Morgan fingerprint density at radius 1 is 1.15 bits per heavy atom. The van der Waals surface area contributed by atoms with Crippen molar-refractivity contribution in [2.24, 2.45) is 0 Å². The van der Waals surface area contributed by atoms with Gasteiger partial charge in [0.15, 0.2) is 5.65 Å². The van der Waals surface area contributed by atoms with Crippen molar-refractivity contribution in [1.82, 2.24) is 19.7 Å². The van der Waals surface area contributed by atoms with E-state index in [2.05, 4.69) is 9.97 Å². The van der Waals surface area contributed by atoms with Gasteiger partial charge in [-0.3, -0.25) is 4.31 Å². The molecule has 4 aromatic rings. The van der Waals surface area contributed by atoms with Crippen LogP contribution in [0.15, 0.2) is 60.3 Å². The van der Waals surface area contributed by atoms with Crippen molar-refractivity contribution in [3.63, 3.8) is 0 Å². The second kappa shape index (κ2) is 8.55. The third-order valence-electron chi connectivity index (χ3n) is 5.30. The Kier molecular flexibility index (Phi) is 5.77. The molecule has 2 aromatic heterocycles. The number of hydrogen-bond acceptors (Lipinski definition) is 7. The molecule has 0 atom stereocenters. The lowest BCUT2D eigenvalue weighted by atomic mass is 10.1. The van der Waals surface area contributed by atoms with E-state index in [0.717, 1.165) is 22.3 Å². The molecule has 0 aliphatic heterocycles. The molecule has 0 unspecified atom stereocenters. The van der Waals surface area contributed by atoms with Crippen LogP contribution < -0.4 is 14.8 Å². The summed E-state index contributed by atoms with van der Waals surface area (Å²) in [5.41, 5.74) is 10.2. The van der Waals surface area contributed by atoms with Crippen LogP contribution in [0.3, 0.4) is 0 Å². The van der Waals surface area contributed by atoms with Crippen LogP contribution in [-0.4, -0.2) is 42.3 Å². The number of nitrogens with zero attached hydrogens (tertiary/aromatic N) is 5. The lowest BCUT2D eigenvalue weighted by Crippen LogP contribution is -2.24. The molecule has 0 amide bonds. The predicted molar refractivity (Wildman–Crippen MR) is 130 cm³/mol. The zero-order valence-corrected chi connectivity index (χ0v) is 19.5. The molecular weight excluding hydrogens is 440 g/mol. The molecule has 33 heavy (non-hydrogen) atoms. The van der Waals surface area contributed by atoms with Gasteiger partial charge in [0.2, 0.25) is 0 Å². The van der Waals surface area contributed by atoms with Crippen LogP contribution in [0.25, 0.3) is 28.0 Å². The van der Waals surface area contributed by atoms with Gasteiger partial charge in [-0.1, -0.05) is 24.3 Å². The lowest BCUT2D eigenvalue weighted by Gasteiger charge is -2.18. The van der Waals surface area contributed by atoms with Crippen molar-refractivity contribution in [3.05, 3.63) is 65.8 Å². The van der Waals surface area contributed by atoms with Crippen molar-refractivity contribution in [1.29, 1.82) is 0 Å². The molecule has 0 saturated heterocycles. The van der Waals surface area contributed by atoms with Gasteiger partial charge in [0.25, 0.3) is 10.0 Å². The first kappa shape index (κ1) is 22.3. The largest absolute Gasteiger partial charge is 0.496 e. The number of nitrogens with two attached hydrogens (primary N) is 1. The maximum absolute atomic E-state index is 12.5. The molecule has 0 aliphatic rings. The van der Waals surface area contributed by atoms with Crippen LogP contribution in [0.4, 0.5) is 11.5 Å². The van der Waals surface area contributed by atoms with Gasteiger partial charge in [-0.25, -0.2) is 23.1 Å². The number of nitrogen functional groups attached to an aromatic ring is 1. The second-order valence-electron chi connectivity index (χ2n) is 7.40. The summed E-state index contributed by atoms with van der Waals surface area (Å²) in [5.74, 6) is 1.02. The van der Waals surface area contributed by atoms with Gasteiger partial charge in [-0.2, -0.15) is 5.10 Å². The smallest absolute Gasteiger partial charge is 0.256 e. The van der Waals surface area contributed by atoms with Gasteiger partial charge in [0.05, 0.1) is 23.9 Å². The highest BCUT2D eigenvalue weighted by atomic mass is 32.2. The number of methoxy groups -OCH3 is 1. The molecule has 0 saturated carbocycles. The highest BCUT2D eigenvalue weighted by Gasteiger charge is 2.20. The summed E-state index contributed by atoms with van der Waals surface area (Å²) in [5, 5.41) is 6.54. The molecule has 170 valence electrons. The van der Waals surface area contributed by atoms with Crippen LogP contribution >= 0.6 is 0 Å². The molecule has 10 heteroatoms. The second-order valence-corrected chi connectivity index (χ2v) is 9.25. The Morgan fingerprint density at radius 3 is 2.67 bits per heavy atom. The SMILES string of the molecule is C/C=C/S(=O)(=O)N(C)c1cccc(-n2nc(-c3ccc(C)c(OC)c3)c3c(N)ncnc32)c1. The zero-order chi connectivity index (χ0) is 23.8. The number of rotatable bonds is 6. The third kappa shape index (κ3) is 4.00. The Hall–Kier alpha value is -3.92. The van der Waals surface area contributed by atoms with Crippen LogP contribution in [0.2, 0.25) is 0 Å². The minimum atomic E-state index is -3.60. The summed E-state index contributed by atoms with van der Waals surface area (Å²) >= 11 is 0. The average Bonchev–Trinajstić information content (AvgIpc) is 3.20. The van der Waals surface area contributed by atoms with Gasteiger partial charge >= 0.3 is 0 Å². The number of anilines is 2. The van der Waals surface area contributed by atoms with Crippen molar-refractivity contribution in [3.8, 4) is 22.7 Å². The third-order valence-corrected chi connectivity index (χ3v) is 6.89. The topological polar surface area (TPSA) is 116 Å². The number of ether oxygens (including phenoxy) is 1. The molecule has 2 N–H and O–H groups in total. The summed E-state index contributed by atoms with van der Waals surface area (Å²) in [6, 6.07) is 12.8. The number of benzene rings is 2. The summed E-state index contributed by atoms with van der Waals surface area (Å²) in [7, 11) is -0.483. The molecule has 0 radical (unpaired) electrons. The monoisotopic (exact) mass is 464 g/mol. The standard InChI is InChI=1S/C23H24N6O3S/c1-5-11-33(30,31)28(3)17-7-6-8-18(13-17)29-23-20(22(24)25-14-26-23)21(27-29)16-10-9-15(2)19(12-16)32-4/h5-14H,1-4H3,(H2,24,25,26)/b11-5+. The van der Waals surface area contributed by atoms with E-state index in [1.807, 2.05) is 31.2 Å². The Labute approximate surface area is 192 Å². The molecule has 0 fully saturated rings. The first-order chi connectivity index (χ1) is 15.8. The average molecular weight is 465 g/mol. The maximum Gasteiger partial charge on any atom is 0.256 e. The van der Waals surface area contributed by atoms with Gasteiger partial charge in [0, 0.05) is 18.0 Å². The highest BCUT2D eigenvalue weighted by molar-refractivity contribution is 7.95. The lowest BCUT2D eigenvalue weighted by molar-refractivity contribution is 0.412. The molecule has 0 bridgehead atoms. The fraction of sp³-hybridized carbons (Fsp3) is 0.174. The molecule has 0 spiro atoms. The quantitative estimate of drug-likeness (QED) is 0.463. The Morgan fingerprint density at radius 2 is 1.94 bits per heavy atom. The van der Waals surface area contributed by atoms with Crippen LogP contribution in [0.1, 0.15) is 12.5 Å². The predicted octanol–water partition coefficient (Wildman–Crippen LogP) is 3.68. The number of hydrogen-bond donors (Lipinski definition) is 1. The molecule has 0 aliphatic carbocycles. The molecule has 2 heterocycles. The number of allylic oxidation sites excluding steroid dienone is 1.